The summed E-state index contributed by atoms with van der Waals surface area (Å²) in [7, 11) is 0. The molecular weight excluding hydrogens is 244 g/mol. The van der Waals surface area contributed by atoms with Gasteiger partial charge in [-0.2, -0.15) is 0 Å². The molecule has 0 aromatic carbocycles. The maximum atomic E-state index is 5.81. The highest BCUT2D eigenvalue weighted by atomic mass is 35.5. The molecule has 0 aliphatic carbocycles. The van der Waals surface area contributed by atoms with Gasteiger partial charge >= 0.3 is 0 Å². The maximum Gasteiger partial charge on any atom is 0.128 e. The summed E-state index contributed by atoms with van der Waals surface area (Å²) in [5, 5.41) is 0. The zero-order chi connectivity index (χ0) is 13.2. The smallest absolute Gasteiger partial charge is 0.128 e. The van der Waals surface area contributed by atoms with E-state index < -0.39 is 0 Å². The second-order valence-electron chi connectivity index (χ2n) is 6.23. The van der Waals surface area contributed by atoms with Crippen LogP contribution in [-0.2, 0) is 5.41 Å². The van der Waals surface area contributed by atoms with Crippen molar-refractivity contribution in [1.29, 1.82) is 0 Å². The van der Waals surface area contributed by atoms with Gasteiger partial charge in [-0.25, -0.2) is 4.98 Å². The molecule has 0 spiro atoms. The van der Waals surface area contributed by atoms with Crippen molar-refractivity contribution in [3.05, 3.63) is 23.9 Å². The van der Waals surface area contributed by atoms with Gasteiger partial charge in [0.25, 0.3) is 0 Å². The maximum absolute atomic E-state index is 5.81. The van der Waals surface area contributed by atoms with Gasteiger partial charge in [0.05, 0.1) is 0 Å². The van der Waals surface area contributed by atoms with E-state index >= 15 is 0 Å². The number of halogens is 1. The normalized spacial score (nSPS) is 20.4. The van der Waals surface area contributed by atoms with Crippen molar-refractivity contribution in [2.24, 2.45) is 5.92 Å². The fourth-order valence-electron chi connectivity index (χ4n) is 2.45. The van der Waals surface area contributed by atoms with Crippen LogP contribution in [0.25, 0.3) is 0 Å². The van der Waals surface area contributed by atoms with Gasteiger partial charge in [-0.1, -0.05) is 26.8 Å². The lowest BCUT2D eigenvalue weighted by Gasteiger charge is -2.21. The van der Waals surface area contributed by atoms with Crippen molar-refractivity contribution < 1.29 is 0 Å². The molecule has 0 amide bonds. The van der Waals surface area contributed by atoms with E-state index in [1.807, 2.05) is 6.20 Å². The zero-order valence-corrected chi connectivity index (χ0v) is 12.4. The van der Waals surface area contributed by atoms with Crippen LogP contribution >= 0.6 is 11.6 Å². The van der Waals surface area contributed by atoms with Crippen molar-refractivity contribution >= 4 is 17.4 Å². The molecule has 1 aromatic rings. The summed E-state index contributed by atoms with van der Waals surface area (Å²) in [4.78, 5) is 6.99. The average molecular weight is 267 g/mol. The van der Waals surface area contributed by atoms with Crippen LogP contribution in [0.1, 0.15) is 39.2 Å². The fraction of sp³-hybridized carbons (Fsp3) is 0.667. The van der Waals surface area contributed by atoms with E-state index in [9.17, 15) is 0 Å². The molecule has 0 bridgehead atoms. The van der Waals surface area contributed by atoms with Gasteiger partial charge in [0.15, 0.2) is 0 Å². The number of anilines is 1. The first-order chi connectivity index (χ1) is 8.50. The van der Waals surface area contributed by atoms with Crippen molar-refractivity contribution in [2.45, 2.75) is 39.0 Å². The molecule has 1 saturated heterocycles. The monoisotopic (exact) mass is 266 g/mol. The van der Waals surface area contributed by atoms with Gasteiger partial charge in [-0.15, -0.1) is 11.6 Å². The summed E-state index contributed by atoms with van der Waals surface area (Å²) in [5.74, 6) is 2.63. The third kappa shape index (κ3) is 3.17. The molecule has 2 heterocycles. The van der Waals surface area contributed by atoms with Crippen LogP contribution in [0.4, 0.5) is 5.82 Å². The van der Waals surface area contributed by atoms with E-state index in [4.69, 9.17) is 11.6 Å². The second kappa shape index (κ2) is 5.48. The molecule has 1 unspecified atom stereocenters. The minimum Gasteiger partial charge on any atom is -0.356 e. The summed E-state index contributed by atoms with van der Waals surface area (Å²) < 4.78 is 0. The molecule has 0 radical (unpaired) electrons. The van der Waals surface area contributed by atoms with Crippen LogP contribution in [0, 0.1) is 5.92 Å². The molecule has 1 aliphatic rings. The number of rotatable bonds is 3. The zero-order valence-electron chi connectivity index (χ0n) is 11.6. The second-order valence-corrected chi connectivity index (χ2v) is 6.61. The molecule has 1 aromatic heterocycles. The molecule has 2 nitrogen and oxygen atoms in total. The Morgan fingerprint density at radius 1 is 1.39 bits per heavy atom. The topological polar surface area (TPSA) is 16.1 Å². The largest absolute Gasteiger partial charge is 0.356 e. The van der Waals surface area contributed by atoms with Crippen LogP contribution in [0.3, 0.4) is 0 Å². The Bertz CT molecular complexity index is 380. The third-order valence-corrected chi connectivity index (χ3v) is 3.96. The minimum absolute atomic E-state index is 0.178. The summed E-state index contributed by atoms with van der Waals surface area (Å²) in [6, 6.07) is 4.36. The van der Waals surface area contributed by atoms with Crippen molar-refractivity contribution in [3.63, 3.8) is 0 Å². The summed E-state index contributed by atoms with van der Waals surface area (Å²) in [6.07, 6.45) is 4.39. The molecule has 18 heavy (non-hydrogen) atoms. The highest BCUT2D eigenvalue weighted by molar-refractivity contribution is 6.17. The van der Waals surface area contributed by atoms with Gasteiger partial charge in [0.2, 0.25) is 0 Å². The van der Waals surface area contributed by atoms with Crippen molar-refractivity contribution in [3.8, 4) is 0 Å². The molecule has 1 fully saturated rings. The predicted octanol–water partition coefficient (Wildman–Crippen LogP) is 3.83. The Kier molecular flexibility index (Phi) is 4.16. The number of aromatic nitrogens is 1. The Hall–Kier alpha value is -0.760. The van der Waals surface area contributed by atoms with Gasteiger partial charge < -0.3 is 4.90 Å². The Labute approximate surface area is 115 Å². The molecule has 1 aliphatic heterocycles. The average Bonchev–Trinajstić information content (AvgIpc) is 2.77. The lowest BCUT2D eigenvalue weighted by Crippen LogP contribution is -2.21. The Morgan fingerprint density at radius 2 is 2.17 bits per heavy atom. The van der Waals surface area contributed by atoms with E-state index in [0.717, 1.165) is 37.1 Å². The quantitative estimate of drug-likeness (QED) is 0.773. The summed E-state index contributed by atoms with van der Waals surface area (Å²) >= 11 is 5.81. The SMILES string of the molecule is CC(C)(C)c1ccc(N2CCC(CCCl)C2)nc1. The van der Waals surface area contributed by atoms with E-state index in [0.29, 0.717) is 0 Å². The lowest BCUT2D eigenvalue weighted by atomic mass is 9.88. The van der Waals surface area contributed by atoms with E-state index in [1.54, 1.807) is 0 Å². The molecular formula is C15H23ClN2. The molecule has 1 atom stereocenters. The number of hydrogen-bond acceptors (Lipinski definition) is 2. The van der Waals surface area contributed by atoms with Crippen LogP contribution in [0.15, 0.2) is 18.3 Å². The number of nitrogens with zero attached hydrogens (tertiary/aromatic N) is 2. The van der Waals surface area contributed by atoms with Crippen LogP contribution < -0.4 is 4.90 Å². The molecule has 0 saturated carbocycles. The number of alkyl halides is 1. The first-order valence-electron chi connectivity index (χ1n) is 6.78. The fourth-order valence-corrected chi connectivity index (χ4v) is 2.76. The Morgan fingerprint density at radius 3 is 2.72 bits per heavy atom. The van der Waals surface area contributed by atoms with Gasteiger partial charge in [-0.05, 0) is 35.8 Å². The lowest BCUT2D eigenvalue weighted by molar-refractivity contribution is 0.571. The van der Waals surface area contributed by atoms with Gasteiger partial charge in [-0.3, -0.25) is 0 Å². The highest BCUT2D eigenvalue weighted by Gasteiger charge is 2.23. The summed E-state index contributed by atoms with van der Waals surface area (Å²) in [6.45, 7) is 8.88. The number of hydrogen-bond donors (Lipinski definition) is 0. The Balaban J connectivity index is 2.03. The minimum atomic E-state index is 0.178. The molecule has 0 N–H and O–H groups in total. The van der Waals surface area contributed by atoms with E-state index in [2.05, 4.69) is 42.8 Å². The summed E-state index contributed by atoms with van der Waals surface area (Å²) in [5.41, 5.74) is 1.47. The van der Waals surface area contributed by atoms with Crippen LogP contribution in [0.2, 0.25) is 0 Å². The van der Waals surface area contributed by atoms with Gasteiger partial charge in [0, 0.05) is 25.2 Å². The van der Waals surface area contributed by atoms with Crippen molar-refractivity contribution in [2.75, 3.05) is 23.9 Å². The standard InChI is InChI=1S/C15H23ClN2/c1-15(2,3)13-4-5-14(17-10-13)18-9-7-12(11-18)6-8-16/h4-5,10,12H,6-9,11H2,1-3H3. The highest BCUT2D eigenvalue weighted by Crippen LogP contribution is 2.27. The van der Waals surface area contributed by atoms with Crippen molar-refractivity contribution in [1.82, 2.24) is 4.98 Å². The molecule has 2 rings (SSSR count). The number of pyridine rings is 1. The van der Waals surface area contributed by atoms with E-state index in [1.165, 1.54) is 12.0 Å². The van der Waals surface area contributed by atoms with Crippen LogP contribution in [-0.4, -0.2) is 24.0 Å². The third-order valence-electron chi connectivity index (χ3n) is 3.74. The first kappa shape index (κ1) is 13.7. The van der Waals surface area contributed by atoms with E-state index in [-0.39, 0.29) is 5.41 Å². The van der Waals surface area contributed by atoms with Gasteiger partial charge in [0.1, 0.15) is 5.82 Å². The predicted molar refractivity (Wildman–Crippen MR) is 78.6 cm³/mol. The van der Waals surface area contributed by atoms with Crippen LogP contribution in [0.5, 0.6) is 0 Å². The first-order valence-corrected chi connectivity index (χ1v) is 7.31. The molecule has 3 heteroatoms. The molecule has 100 valence electrons.